The molecule has 21 heavy (non-hydrogen) atoms. The van der Waals surface area contributed by atoms with Crippen molar-refractivity contribution in [1.82, 2.24) is 15.2 Å². The van der Waals surface area contributed by atoms with Crippen LogP contribution in [0, 0.1) is 0 Å². The second-order valence-corrected chi connectivity index (χ2v) is 6.00. The molecule has 6 nitrogen and oxygen atoms in total. The summed E-state index contributed by atoms with van der Waals surface area (Å²) in [6, 6.07) is 7.96. The Kier molecular flexibility index (Phi) is 4.16. The van der Waals surface area contributed by atoms with Gasteiger partial charge in [-0.05, 0) is 19.1 Å². The van der Waals surface area contributed by atoms with E-state index in [0.717, 1.165) is 15.2 Å². The average Bonchev–Trinajstić information content (AvgIpc) is 3.11. The van der Waals surface area contributed by atoms with E-state index in [1.165, 1.54) is 11.8 Å². The number of nitrogens with zero attached hydrogens (tertiary/aromatic N) is 3. The Labute approximate surface area is 128 Å². The first kappa shape index (κ1) is 14.0. The Balaban J connectivity index is 1.66. The number of esters is 1. The zero-order valence-electron chi connectivity index (χ0n) is 11.1. The normalized spacial score (nSPS) is 10.9. The molecule has 0 radical (unpaired) electrons. The topological polar surface area (TPSA) is 78.1 Å². The van der Waals surface area contributed by atoms with Crippen LogP contribution in [0.4, 0.5) is 0 Å². The number of thioether (sulfide) groups is 1. The third-order valence-corrected chi connectivity index (χ3v) is 4.56. The molecule has 0 spiro atoms. The largest absolute Gasteiger partial charge is 0.459 e. The minimum absolute atomic E-state index is 0.122. The van der Waals surface area contributed by atoms with Crippen molar-refractivity contribution in [3.05, 3.63) is 35.2 Å². The Bertz CT molecular complexity index is 736. The fourth-order valence-electron chi connectivity index (χ4n) is 1.65. The molecule has 0 saturated heterocycles. The lowest BCUT2D eigenvalue weighted by atomic mass is 10.3. The molecule has 0 fully saturated rings. The van der Waals surface area contributed by atoms with Crippen molar-refractivity contribution >= 4 is 39.3 Å². The number of hydrogen-bond acceptors (Lipinski definition) is 8. The summed E-state index contributed by atoms with van der Waals surface area (Å²) < 4.78 is 11.2. The molecule has 0 aliphatic heterocycles. The fourth-order valence-corrected chi connectivity index (χ4v) is 3.37. The van der Waals surface area contributed by atoms with Crippen molar-refractivity contribution in [1.29, 1.82) is 0 Å². The standard InChI is InChI=1S/C13H11N3O3S2/c1-2-18-12(17)11-15-16-13(19-11)20-7-10-14-8-5-3-4-6-9(8)21-10/h3-6H,2,7H2,1H3. The maximum Gasteiger partial charge on any atom is 0.396 e. The fraction of sp³-hybridized carbons (Fsp3) is 0.231. The van der Waals surface area contributed by atoms with Gasteiger partial charge in [-0.2, -0.15) is 0 Å². The van der Waals surface area contributed by atoms with Crippen LogP contribution >= 0.6 is 23.1 Å². The van der Waals surface area contributed by atoms with Gasteiger partial charge in [-0.15, -0.1) is 16.4 Å². The molecule has 2 aromatic heterocycles. The Morgan fingerprint density at radius 3 is 3.05 bits per heavy atom. The van der Waals surface area contributed by atoms with Crippen LogP contribution in [0.2, 0.25) is 0 Å². The molecule has 3 rings (SSSR count). The number of hydrogen-bond donors (Lipinski definition) is 0. The predicted molar refractivity (Wildman–Crippen MR) is 79.4 cm³/mol. The summed E-state index contributed by atoms with van der Waals surface area (Å²) in [6.45, 7) is 1.99. The Morgan fingerprint density at radius 2 is 2.24 bits per heavy atom. The van der Waals surface area contributed by atoms with E-state index in [0.29, 0.717) is 11.0 Å². The lowest BCUT2D eigenvalue weighted by molar-refractivity contribution is 0.0475. The summed E-state index contributed by atoms with van der Waals surface area (Å²) in [6.07, 6.45) is 0. The number of carbonyl (C=O) groups is 1. The number of fused-ring (bicyclic) bond motifs is 1. The second kappa shape index (κ2) is 6.23. The van der Waals surface area contributed by atoms with Crippen molar-refractivity contribution in [2.75, 3.05) is 6.61 Å². The number of para-hydroxylation sites is 1. The molecular weight excluding hydrogens is 310 g/mol. The van der Waals surface area contributed by atoms with Crippen LogP contribution < -0.4 is 0 Å². The van der Waals surface area contributed by atoms with Gasteiger partial charge in [0.2, 0.25) is 0 Å². The third-order valence-electron chi connectivity index (χ3n) is 2.51. The van der Waals surface area contributed by atoms with E-state index < -0.39 is 5.97 Å². The average molecular weight is 321 g/mol. The number of ether oxygens (including phenoxy) is 1. The van der Waals surface area contributed by atoms with Gasteiger partial charge in [-0.1, -0.05) is 29.0 Å². The van der Waals surface area contributed by atoms with E-state index in [9.17, 15) is 4.79 Å². The lowest BCUT2D eigenvalue weighted by Crippen LogP contribution is -2.04. The molecule has 0 saturated carbocycles. The molecule has 0 N–H and O–H groups in total. The molecule has 0 unspecified atom stereocenters. The first-order valence-electron chi connectivity index (χ1n) is 6.24. The lowest BCUT2D eigenvalue weighted by Gasteiger charge is -1.94. The Hall–Kier alpha value is -1.93. The summed E-state index contributed by atoms with van der Waals surface area (Å²) in [7, 11) is 0. The molecule has 108 valence electrons. The highest BCUT2D eigenvalue weighted by Gasteiger charge is 2.16. The van der Waals surface area contributed by atoms with Crippen molar-refractivity contribution in [3.63, 3.8) is 0 Å². The van der Waals surface area contributed by atoms with E-state index in [2.05, 4.69) is 15.2 Å². The van der Waals surface area contributed by atoms with Gasteiger partial charge >= 0.3 is 11.9 Å². The van der Waals surface area contributed by atoms with Crippen LogP contribution in [0.15, 0.2) is 33.9 Å². The molecule has 8 heteroatoms. The highest BCUT2D eigenvalue weighted by Crippen LogP contribution is 2.27. The van der Waals surface area contributed by atoms with Gasteiger partial charge in [-0.3, -0.25) is 0 Å². The zero-order chi connectivity index (χ0) is 14.7. The van der Waals surface area contributed by atoms with Gasteiger partial charge in [0.25, 0.3) is 5.22 Å². The minimum Gasteiger partial charge on any atom is -0.459 e. The highest BCUT2D eigenvalue weighted by atomic mass is 32.2. The molecule has 0 aliphatic carbocycles. The summed E-state index contributed by atoms with van der Waals surface area (Å²) in [4.78, 5) is 15.9. The smallest absolute Gasteiger partial charge is 0.396 e. The third kappa shape index (κ3) is 3.22. The number of thiazole rings is 1. The molecule has 3 aromatic rings. The zero-order valence-corrected chi connectivity index (χ0v) is 12.7. The molecule has 0 atom stereocenters. The molecule has 2 heterocycles. The number of carbonyl (C=O) groups excluding carboxylic acids is 1. The summed E-state index contributed by atoms with van der Waals surface area (Å²) in [5, 5.41) is 8.77. The van der Waals surface area contributed by atoms with Crippen LogP contribution in [-0.2, 0) is 10.5 Å². The highest BCUT2D eigenvalue weighted by molar-refractivity contribution is 7.98. The molecular formula is C13H11N3O3S2. The summed E-state index contributed by atoms with van der Waals surface area (Å²) in [5.74, 6) is -0.107. The van der Waals surface area contributed by atoms with Gasteiger partial charge in [0.15, 0.2) is 0 Å². The van der Waals surface area contributed by atoms with Crippen LogP contribution in [0.1, 0.15) is 22.6 Å². The van der Waals surface area contributed by atoms with Gasteiger partial charge in [0, 0.05) is 0 Å². The minimum atomic E-state index is -0.600. The van der Waals surface area contributed by atoms with Crippen LogP contribution in [0.25, 0.3) is 10.2 Å². The number of aromatic nitrogens is 3. The van der Waals surface area contributed by atoms with Gasteiger partial charge in [-0.25, -0.2) is 9.78 Å². The van der Waals surface area contributed by atoms with Gasteiger partial charge < -0.3 is 9.15 Å². The van der Waals surface area contributed by atoms with Crippen molar-refractivity contribution < 1.29 is 13.9 Å². The predicted octanol–water partition coefficient (Wildman–Crippen LogP) is 3.15. The quantitative estimate of drug-likeness (QED) is 0.527. The maximum atomic E-state index is 11.4. The van der Waals surface area contributed by atoms with E-state index in [-0.39, 0.29) is 12.5 Å². The Morgan fingerprint density at radius 1 is 1.38 bits per heavy atom. The van der Waals surface area contributed by atoms with E-state index in [4.69, 9.17) is 9.15 Å². The van der Waals surface area contributed by atoms with Crippen molar-refractivity contribution in [2.45, 2.75) is 17.9 Å². The van der Waals surface area contributed by atoms with E-state index in [1.54, 1.807) is 18.3 Å². The van der Waals surface area contributed by atoms with Crippen molar-refractivity contribution in [2.24, 2.45) is 0 Å². The van der Waals surface area contributed by atoms with E-state index >= 15 is 0 Å². The summed E-state index contributed by atoms with van der Waals surface area (Å²) in [5.41, 5.74) is 0.982. The maximum absolute atomic E-state index is 11.4. The monoisotopic (exact) mass is 321 g/mol. The van der Waals surface area contributed by atoms with Crippen LogP contribution in [0.5, 0.6) is 0 Å². The number of benzene rings is 1. The van der Waals surface area contributed by atoms with Crippen LogP contribution in [0.3, 0.4) is 0 Å². The van der Waals surface area contributed by atoms with Crippen molar-refractivity contribution in [3.8, 4) is 0 Å². The summed E-state index contributed by atoms with van der Waals surface area (Å²) >= 11 is 2.97. The first-order chi connectivity index (χ1) is 10.3. The molecule has 0 aliphatic rings. The SMILES string of the molecule is CCOC(=O)c1nnc(SCc2nc3ccccc3s2)o1. The first-order valence-corrected chi connectivity index (χ1v) is 8.04. The van der Waals surface area contributed by atoms with E-state index in [1.807, 2.05) is 24.3 Å². The molecule has 0 amide bonds. The molecule has 0 bridgehead atoms. The number of rotatable bonds is 5. The van der Waals surface area contributed by atoms with Gasteiger partial charge in [0.05, 0.1) is 22.6 Å². The van der Waals surface area contributed by atoms with Gasteiger partial charge in [0.1, 0.15) is 5.01 Å². The second-order valence-electron chi connectivity index (χ2n) is 3.96. The van der Waals surface area contributed by atoms with Crippen LogP contribution in [-0.4, -0.2) is 27.8 Å². The molecule has 1 aromatic carbocycles.